The molecular formula is C11H18N2O2. The SMILES string of the molecule is CC(C)(O)C1CCCN(C(=O)CC#N)C1. The van der Waals surface area contributed by atoms with Gasteiger partial charge < -0.3 is 10.0 Å². The molecule has 4 heteroatoms. The van der Waals surface area contributed by atoms with Gasteiger partial charge in [-0.1, -0.05) is 0 Å². The standard InChI is InChI=1S/C11H18N2O2/c1-11(2,15)9-4-3-7-13(8-9)10(14)5-6-12/h9,15H,3-5,7-8H2,1-2H3. The first kappa shape index (κ1) is 12.0. The molecule has 0 aromatic carbocycles. The lowest BCUT2D eigenvalue weighted by Crippen LogP contribution is -2.46. The summed E-state index contributed by atoms with van der Waals surface area (Å²) in [5, 5.41) is 18.3. The van der Waals surface area contributed by atoms with Gasteiger partial charge in [-0.05, 0) is 26.7 Å². The number of rotatable bonds is 2. The Morgan fingerprint density at radius 2 is 2.33 bits per heavy atom. The summed E-state index contributed by atoms with van der Waals surface area (Å²) in [4.78, 5) is 13.2. The molecule has 1 N–H and O–H groups in total. The lowest BCUT2D eigenvalue weighted by atomic mass is 9.84. The second-order valence-electron chi connectivity index (χ2n) is 4.67. The Kier molecular flexibility index (Phi) is 3.70. The van der Waals surface area contributed by atoms with E-state index >= 15 is 0 Å². The number of piperidine rings is 1. The van der Waals surface area contributed by atoms with Crippen molar-refractivity contribution >= 4 is 5.91 Å². The number of carbonyl (C=O) groups is 1. The van der Waals surface area contributed by atoms with Gasteiger partial charge in [0.05, 0.1) is 11.7 Å². The Labute approximate surface area is 90.5 Å². The Bertz CT molecular complexity index is 275. The molecular weight excluding hydrogens is 192 g/mol. The highest BCUT2D eigenvalue weighted by molar-refractivity contribution is 5.78. The van der Waals surface area contributed by atoms with E-state index in [4.69, 9.17) is 5.26 Å². The fraction of sp³-hybridized carbons (Fsp3) is 0.818. The first-order chi connectivity index (χ1) is 6.95. The Morgan fingerprint density at radius 1 is 1.67 bits per heavy atom. The molecule has 0 radical (unpaired) electrons. The van der Waals surface area contributed by atoms with Crippen LogP contribution in [0.25, 0.3) is 0 Å². The van der Waals surface area contributed by atoms with Gasteiger partial charge in [0.2, 0.25) is 5.91 Å². The van der Waals surface area contributed by atoms with Gasteiger partial charge in [-0.25, -0.2) is 0 Å². The molecule has 1 heterocycles. The van der Waals surface area contributed by atoms with E-state index in [2.05, 4.69) is 0 Å². The summed E-state index contributed by atoms with van der Waals surface area (Å²) in [5.74, 6) is 0.000317. The zero-order chi connectivity index (χ0) is 11.5. The maximum atomic E-state index is 11.5. The average molecular weight is 210 g/mol. The van der Waals surface area contributed by atoms with Crippen LogP contribution in [0.2, 0.25) is 0 Å². The summed E-state index contributed by atoms with van der Waals surface area (Å²) in [6.07, 6.45) is 1.80. The van der Waals surface area contributed by atoms with Crippen molar-refractivity contribution in [3.05, 3.63) is 0 Å². The van der Waals surface area contributed by atoms with Crippen molar-refractivity contribution in [1.82, 2.24) is 4.90 Å². The molecule has 1 unspecified atom stereocenters. The van der Waals surface area contributed by atoms with E-state index in [9.17, 15) is 9.90 Å². The van der Waals surface area contributed by atoms with Gasteiger partial charge in [0.25, 0.3) is 0 Å². The molecule has 1 aliphatic rings. The molecule has 1 rings (SSSR count). The van der Waals surface area contributed by atoms with Crippen LogP contribution in [0.1, 0.15) is 33.1 Å². The summed E-state index contributed by atoms with van der Waals surface area (Å²) in [5.41, 5.74) is -0.744. The second-order valence-corrected chi connectivity index (χ2v) is 4.67. The number of aliphatic hydroxyl groups is 1. The van der Waals surface area contributed by atoms with Crippen LogP contribution in [-0.4, -0.2) is 34.6 Å². The highest BCUT2D eigenvalue weighted by Gasteiger charge is 2.32. The van der Waals surface area contributed by atoms with E-state index in [-0.39, 0.29) is 18.2 Å². The molecule has 15 heavy (non-hydrogen) atoms. The number of hydrogen-bond donors (Lipinski definition) is 1. The van der Waals surface area contributed by atoms with Crippen LogP contribution in [0, 0.1) is 17.2 Å². The van der Waals surface area contributed by atoms with Crippen molar-refractivity contribution in [2.24, 2.45) is 5.92 Å². The first-order valence-electron chi connectivity index (χ1n) is 5.32. The molecule has 1 atom stereocenters. The van der Waals surface area contributed by atoms with Crippen LogP contribution in [0.3, 0.4) is 0 Å². The van der Waals surface area contributed by atoms with E-state index in [0.717, 1.165) is 12.8 Å². The normalized spacial score (nSPS) is 22.3. The third-order valence-corrected chi connectivity index (χ3v) is 3.00. The fourth-order valence-corrected chi connectivity index (χ4v) is 1.96. The first-order valence-corrected chi connectivity index (χ1v) is 5.32. The predicted octanol–water partition coefficient (Wildman–Crippen LogP) is 0.910. The molecule has 0 aliphatic carbocycles. The topological polar surface area (TPSA) is 64.3 Å². The summed E-state index contributed by atoms with van der Waals surface area (Å²) < 4.78 is 0. The smallest absolute Gasteiger partial charge is 0.236 e. The Hall–Kier alpha value is -1.08. The Balaban J connectivity index is 2.57. The number of amides is 1. The van der Waals surface area contributed by atoms with E-state index in [1.165, 1.54) is 0 Å². The van der Waals surface area contributed by atoms with E-state index in [1.807, 2.05) is 6.07 Å². The molecule has 0 aromatic rings. The van der Waals surface area contributed by atoms with Gasteiger partial charge in [-0.3, -0.25) is 4.79 Å². The third kappa shape index (κ3) is 3.21. The Morgan fingerprint density at radius 3 is 2.87 bits per heavy atom. The van der Waals surface area contributed by atoms with Crippen molar-refractivity contribution in [2.45, 2.75) is 38.7 Å². The van der Waals surface area contributed by atoms with Crippen molar-refractivity contribution in [3.8, 4) is 6.07 Å². The van der Waals surface area contributed by atoms with E-state index in [1.54, 1.807) is 18.7 Å². The van der Waals surface area contributed by atoms with Gasteiger partial charge in [-0.15, -0.1) is 0 Å². The number of nitrogens with zero attached hydrogens (tertiary/aromatic N) is 2. The number of hydrogen-bond acceptors (Lipinski definition) is 3. The van der Waals surface area contributed by atoms with Crippen LogP contribution < -0.4 is 0 Å². The largest absolute Gasteiger partial charge is 0.390 e. The minimum Gasteiger partial charge on any atom is -0.390 e. The molecule has 0 bridgehead atoms. The monoisotopic (exact) mass is 210 g/mol. The number of carbonyl (C=O) groups excluding carboxylic acids is 1. The van der Waals surface area contributed by atoms with Crippen LogP contribution in [0.5, 0.6) is 0 Å². The minimum atomic E-state index is -0.744. The minimum absolute atomic E-state index is 0.0570. The number of likely N-dealkylation sites (tertiary alicyclic amines) is 1. The van der Waals surface area contributed by atoms with Crippen LogP contribution in [0.4, 0.5) is 0 Å². The van der Waals surface area contributed by atoms with Crippen molar-refractivity contribution < 1.29 is 9.90 Å². The zero-order valence-corrected chi connectivity index (χ0v) is 9.36. The van der Waals surface area contributed by atoms with Crippen molar-refractivity contribution in [2.75, 3.05) is 13.1 Å². The zero-order valence-electron chi connectivity index (χ0n) is 9.36. The van der Waals surface area contributed by atoms with Crippen LogP contribution in [-0.2, 0) is 4.79 Å². The molecule has 1 amide bonds. The van der Waals surface area contributed by atoms with Crippen LogP contribution in [0.15, 0.2) is 0 Å². The van der Waals surface area contributed by atoms with Crippen molar-refractivity contribution in [1.29, 1.82) is 5.26 Å². The summed E-state index contributed by atoms with van der Waals surface area (Å²) in [6.45, 7) is 4.84. The lowest BCUT2D eigenvalue weighted by molar-refractivity contribution is -0.134. The van der Waals surface area contributed by atoms with E-state index < -0.39 is 5.60 Å². The average Bonchev–Trinajstić information content (AvgIpc) is 2.17. The summed E-state index contributed by atoms with van der Waals surface area (Å²) in [6, 6.07) is 1.86. The van der Waals surface area contributed by atoms with E-state index in [0.29, 0.717) is 13.1 Å². The highest BCUT2D eigenvalue weighted by Crippen LogP contribution is 2.26. The second kappa shape index (κ2) is 4.63. The summed E-state index contributed by atoms with van der Waals surface area (Å²) in [7, 11) is 0. The van der Waals surface area contributed by atoms with Crippen LogP contribution >= 0.6 is 0 Å². The van der Waals surface area contributed by atoms with Gasteiger partial charge in [0, 0.05) is 19.0 Å². The number of nitriles is 1. The molecule has 4 nitrogen and oxygen atoms in total. The molecule has 0 aromatic heterocycles. The third-order valence-electron chi connectivity index (χ3n) is 3.00. The van der Waals surface area contributed by atoms with Crippen molar-refractivity contribution in [3.63, 3.8) is 0 Å². The molecule has 84 valence electrons. The fourth-order valence-electron chi connectivity index (χ4n) is 1.96. The molecule has 0 saturated carbocycles. The highest BCUT2D eigenvalue weighted by atomic mass is 16.3. The molecule has 0 spiro atoms. The van der Waals surface area contributed by atoms with Gasteiger partial charge in [0.15, 0.2) is 0 Å². The van der Waals surface area contributed by atoms with Gasteiger partial charge >= 0.3 is 0 Å². The molecule has 1 aliphatic heterocycles. The molecule has 1 saturated heterocycles. The maximum Gasteiger partial charge on any atom is 0.236 e. The lowest BCUT2D eigenvalue weighted by Gasteiger charge is -2.38. The predicted molar refractivity (Wildman–Crippen MR) is 55.8 cm³/mol. The quantitative estimate of drug-likeness (QED) is 0.736. The van der Waals surface area contributed by atoms with Gasteiger partial charge in [-0.2, -0.15) is 5.26 Å². The summed E-state index contributed by atoms with van der Waals surface area (Å²) >= 11 is 0. The maximum absolute atomic E-state index is 11.5. The van der Waals surface area contributed by atoms with Gasteiger partial charge in [0.1, 0.15) is 6.42 Å². The molecule has 1 fully saturated rings.